The molecule has 0 aliphatic heterocycles. The molecule has 0 unspecified atom stereocenters. The summed E-state index contributed by atoms with van der Waals surface area (Å²) in [7, 11) is 1.10. The molecule has 2 N–H and O–H groups in total. The molecule has 16 heavy (non-hydrogen) atoms. The molecule has 0 fully saturated rings. The number of nitrogens with zero attached hydrogens (tertiary/aromatic N) is 1. The SMILES string of the molecule is COC(=O)c1cnc(CBr)c(N)c1C(F)F. The van der Waals surface area contributed by atoms with Crippen molar-refractivity contribution in [3.8, 4) is 0 Å². The first-order chi connectivity index (χ1) is 7.52. The van der Waals surface area contributed by atoms with Crippen molar-refractivity contribution in [3.05, 3.63) is 23.0 Å². The third-order valence-corrected chi connectivity index (χ3v) is 2.52. The molecule has 0 aromatic carbocycles. The van der Waals surface area contributed by atoms with Gasteiger partial charge in [0.05, 0.1) is 29.6 Å². The number of anilines is 1. The molecule has 1 rings (SSSR count). The zero-order valence-electron chi connectivity index (χ0n) is 8.34. The molecule has 0 aliphatic rings. The molecule has 1 aromatic rings. The molecular weight excluding hydrogens is 286 g/mol. The number of rotatable bonds is 3. The summed E-state index contributed by atoms with van der Waals surface area (Å²) in [6.07, 6.45) is -1.81. The number of halogens is 3. The molecule has 1 heterocycles. The molecule has 0 saturated carbocycles. The number of hydrogen-bond donors (Lipinski definition) is 1. The monoisotopic (exact) mass is 294 g/mol. The Morgan fingerprint density at radius 2 is 2.31 bits per heavy atom. The van der Waals surface area contributed by atoms with E-state index in [1.54, 1.807) is 0 Å². The van der Waals surface area contributed by atoms with E-state index in [2.05, 4.69) is 25.7 Å². The number of ether oxygens (including phenoxy) is 1. The number of esters is 1. The van der Waals surface area contributed by atoms with Gasteiger partial charge in [-0.25, -0.2) is 13.6 Å². The molecular formula is C9H9BrF2N2O2. The molecule has 0 saturated heterocycles. The maximum Gasteiger partial charge on any atom is 0.340 e. The van der Waals surface area contributed by atoms with E-state index >= 15 is 0 Å². The predicted molar refractivity (Wildman–Crippen MR) is 57.6 cm³/mol. The fourth-order valence-electron chi connectivity index (χ4n) is 1.20. The Morgan fingerprint density at radius 3 is 2.75 bits per heavy atom. The fourth-order valence-corrected chi connectivity index (χ4v) is 1.64. The van der Waals surface area contributed by atoms with Gasteiger partial charge in [-0.15, -0.1) is 0 Å². The van der Waals surface area contributed by atoms with Crippen LogP contribution >= 0.6 is 15.9 Å². The zero-order chi connectivity index (χ0) is 12.3. The van der Waals surface area contributed by atoms with Gasteiger partial charge >= 0.3 is 5.97 Å². The highest BCUT2D eigenvalue weighted by Crippen LogP contribution is 2.31. The van der Waals surface area contributed by atoms with E-state index in [4.69, 9.17) is 5.73 Å². The minimum atomic E-state index is -2.85. The van der Waals surface area contributed by atoms with E-state index in [0.717, 1.165) is 13.3 Å². The van der Waals surface area contributed by atoms with Crippen molar-refractivity contribution in [2.75, 3.05) is 12.8 Å². The van der Waals surface area contributed by atoms with Crippen LogP contribution in [0.25, 0.3) is 0 Å². The van der Waals surface area contributed by atoms with E-state index in [1.807, 2.05) is 0 Å². The summed E-state index contributed by atoms with van der Waals surface area (Å²) in [6, 6.07) is 0. The summed E-state index contributed by atoms with van der Waals surface area (Å²) in [5.41, 5.74) is 4.75. The summed E-state index contributed by atoms with van der Waals surface area (Å²) >= 11 is 3.07. The number of carbonyl (C=O) groups is 1. The number of pyridine rings is 1. The molecule has 0 amide bonds. The van der Waals surface area contributed by atoms with E-state index in [1.165, 1.54) is 0 Å². The normalized spacial score (nSPS) is 10.6. The maximum absolute atomic E-state index is 12.8. The molecule has 0 radical (unpaired) electrons. The highest BCUT2D eigenvalue weighted by molar-refractivity contribution is 9.08. The van der Waals surface area contributed by atoms with Crippen LogP contribution in [0.3, 0.4) is 0 Å². The van der Waals surface area contributed by atoms with Crippen molar-refractivity contribution in [1.29, 1.82) is 0 Å². The van der Waals surface area contributed by atoms with Crippen LogP contribution in [0.15, 0.2) is 6.20 Å². The third kappa shape index (κ3) is 2.29. The van der Waals surface area contributed by atoms with Gasteiger partial charge in [-0.1, -0.05) is 15.9 Å². The Hall–Kier alpha value is -1.24. The topological polar surface area (TPSA) is 65.2 Å². The molecule has 88 valence electrons. The van der Waals surface area contributed by atoms with Crippen molar-refractivity contribution >= 4 is 27.6 Å². The number of hydrogen-bond acceptors (Lipinski definition) is 4. The standard InChI is InChI=1S/C9H9BrF2N2O2/c1-16-9(15)4-3-14-5(2-10)7(13)6(4)8(11)12/h3,8H,2,13H2,1H3. The number of nitrogens with two attached hydrogens (primary N) is 1. The lowest BCUT2D eigenvalue weighted by atomic mass is 10.1. The minimum Gasteiger partial charge on any atom is -0.465 e. The first kappa shape index (κ1) is 12.8. The number of carbonyl (C=O) groups excluding carboxylic acids is 1. The van der Waals surface area contributed by atoms with Crippen molar-refractivity contribution in [3.63, 3.8) is 0 Å². The van der Waals surface area contributed by atoms with Gasteiger partial charge in [0.15, 0.2) is 0 Å². The van der Waals surface area contributed by atoms with Gasteiger partial charge in [0.1, 0.15) is 0 Å². The zero-order valence-corrected chi connectivity index (χ0v) is 9.92. The van der Waals surface area contributed by atoms with E-state index in [-0.39, 0.29) is 22.3 Å². The summed E-state index contributed by atoms with van der Waals surface area (Å²) in [5, 5.41) is 0.236. The number of methoxy groups -OCH3 is 1. The summed E-state index contributed by atoms with van der Waals surface area (Å²) in [4.78, 5) is 15.0. The Labute approximate surface area is 98.9 Å². The van der Waals surface area contributed by atoms with Crippen molar-refractivity contribution < 1.29 is 18.3 Å². The molecule has 0 bridgehead atoms. The Bertz CT molecular complexity index is 413. The van der Waals surface area contributed by atoms with E-state index in [9.17, 15) is 13.6 Å². The van der Waals surface area contributed by atoms with E-state index in [0.29, 0.717) is 0 Å². The lowest BCUT2D eigenvalue weighted by molar-refractivity contribution is 0.0589. The lowest BCUT2D eigenvalue weighted by Gasteiger charge is -2.12. The minimum absolute atomic E-state index is 0.185. The van der Waals surface area contributed by atoms with Gasteiger partial charge in [-0.3, -0.25) is 4.98 Å². The third-order valence-electron chi connectivity index (χ3n) is 1.99. The van der Waals surface area contributed by atoms with E-state index < -0.39 is 18.0 Å². The van der Waals surface area contributed by atoms with Crippen LogP contribution in [0.1, 0.15) is 28.0 Å². The summed E-state index contributed by atoms with van der Waals surface area (Å²) in [6.45, 7) is 0. The van der Waals surface area contributed by atoms with Crippen LogP contribution in [0.2, 0.25) is 0 Å². The van der Waals surface area contributed by atoms with Crippen LogP contribution in [0.4, 0.5) is 14.5 Å². The van der Waals surface area contributed by atoms with Crippen LogP contribution in [-0.4, -0.2) is 18.1 Å². The summed E-state index contributed by atoms with van der Waals surface area (Å²) in [5.74, 6) is -0.879. The average Bonchev–Trinajstić information content (AvgIpc) is 2.26. The highest BCUT2D eigenvalue weighted by atomic mass is 79.9. The van der Waals surface area contributed by atoms with Gasteiger partial charge in [0, 0.05) is 11.5 Å². The largest absolute Gasteiger partial charge is 0.465 e. The quantitative estimate of drug-likeness (QED) is 0.686. The van der Waals surface area contributed by atoms with Crippen LogP contribution in [-0.2, 0) is 10.1 Å². The molecule has 0 atom stereocenters. The van der Waals surface area contributed by atoms with Crippen molar-refractivity contribution in [1.82, 2.24) is 4.98 Å². The van der Waals surface area contributed by atoms with Gasteiger partial charge < -0.3 is 10.5 Å². The first-order valence-electron chi connectivity index (χ1n) is 4.22. The number of aromatic nitrogens is 1. The Balaban J connectivity index is 3.40. The smallest absolute Gasteiger partial charge is 0.340 e. The molecule has 7 heteroatoms. The second-order valence-corrected chi connectivity index (χ2v) is 3.43. The molecule has 1 aromatic heterocycles. The maximum atomic E-state index is 12.8. The fraction of sp³-hybridized carbons (Fsp3) is 0.333. The Kier molecular flexibility index (Phi) is 4.17. The van der Waals surface area contributed by atoms with Gasteiger partial charge in [0.25, 0.3) is 6.43 Å². The second-order valence-electron chi connectivity index (χ2n) is 2.87. The second kappa shape index (κ2) is 5.20. The molecule has 0 aliphatic carbocycles. The van der Waals surface area contributed by atoms with Crippen LogP contribution in [0.5, 0.6) is 0 Å². The molecule has 4 nitrogen and oxygen atoms in total. The van der Waals surface area contributed by atoms with Crippen molar-refractivity contribution in [2.45, 2.75) is 11.8 Å². The number of nitrogen functional groups attached to an aromatic ring is 1. The van der Waals surface area contributed by atoms with Crippen molar-refractivity contribution in [2.24, 2.45) is 0 Å². The lowest BCUT2D eigenvalue weighted by Crippen LogP contribution is -2.12. The van der Waals surface area contributed by atoms with Gasteiger partial charge in [0.2, 0.25) is 0 Å². The molecule has 0 spiro atoms. The number of alkyl halides is 3. The van der Waals surface area contributed by atoms with Gasteiger partial charge in [-0.2, -0.15) is 0 Å². The van der Waals surface area contributed by atoms with Crippen LogP contribution in [0, 0.1) is 0 Å². The predicted octanol–water partition coefficient (Wildman–Crippen LogP) is 2.28. The highest BCUT2D eigenvalue weighted by Gasteiger charge is 2.24. The first-order valence-corrected chi connectivity index (χ1v) is 5.34. The summed E-state index contributed by atoms with van der Waals surface area (Å²) < 4.78 is 29.9. The van der Waals surface area contributed by atoms with Gasteiger partial charge in [-0.05, 0) is 0 Å². The Morgan fingerprint density at radius 1 is 1.69 bits per heavy atom. The average molecular weight is 295 g/mol. The van der Waals surface area contributed by atoms with Crippen LogP contribution < -0.4 is 5.73 Å².